The number of carbonyl (C=O) groups excluding carboxylic acids is 3. The lowest BCUT2D eigenvalue weighted by molar-refractivity contribution is -0.140. The maximum Gasteiger partial charge on any atom is 0.326 e. The van der Waals surface area contributed by atoms with Gasteiger partial charge in [0.1, 0.15) is 6.54 Å². The maximum absolute atomic E-state index is 13.6. The van der Waals surface area contributed by atoms with Crippen molar-refractivity contribution in [2.45, 2.75) is 37.8 Å². The van der Waals surface area contributed by atoms with Crippen LogP contribution in [0.4, 0.5) is 4.79 Å². The van der Waals surface area contributed by atoms with Crippen molar-refractivity contribution in [3.8, 4) is 0 Å². The van der Waals surface area contributed by atoms with E-state index < -0.39 is 17.5 Å². The van der Waals surface area contributed by atoms with Gasteiger partial charge < -0.3 is 10.2 Å². The molecule has 0 bridgehead atoms. The minimum absolute atomic E-state index is 0.130. The van der Waals surface area contributed by atoms with Gasteiger partial charge in [-0.25, -0.2) is 4.79 Å². The molecule has 0 spiro atoms. The molecule has 2 heterocycles. The molecule has 2 aromatic carbocycles. The van der Waals surface area contributed by atoms with Crippen LogP contribution in [-0.4, -0.2) is 46.8 Å². The van der Waals surface area contributed by atoms with Crippen molar-refractivity contribution >= 4 is 17.8 Å². The van der Waals surface area contributed by atoms with Crippen molar-refractivity contribution in [3.05, 3.63) is 71.8 Å². The molecule has 1 N–H and O–H groups in total. The lowest BCUT2D eigenvalue weighted by Gasteiger charge is -2.34. The maximum atomic E-state index is 13.6. The predicted molar refractivity (Wildman–Crippen MR) is 109 cm³/mol. The minimum Gasteiger partial charge on any atom is -0.338 e. The van der Waals surface area contributed by atoms with E-state index in [4.69, 9.17) is 0 Å². The van der Waals surface area contributed by atoms with Gasteiger partial charge in [-0.2, -0.15) is 0 Å². The van der Waals surface area contributed by atoms with Gasteiger partial charge in [0.2, 0.25) is 5.91 Å². The third kappa shape index (κ3) is 3.28. The number of imide groups is 1. The van der Waals surface area contributed by atoms with Gasteiger partial charge in [0, 0.05) is 12.6 Å². The van der Waals surface area contributed by atoms with E-state index in [2.05, 4.69) is 5.32 Å². The average molecular weight is 391 g/mol. The Morgan fingerprint density at radius 1 is 1.00 bits per heavy atom. The molecule has 0 unspecified atom stereocenters. The minimum atomic E-state index is -1.33. The summed E-state index contributed by atoms with van der Waals surface area (Å²) in [5, 5.41) is 2.89. The van der Waals surface area contributed by atoms with Crippen LogP contribution in [0, 0.1) is 0 Å². The van der Waals surface area contributed by atoms with E-state index in [9.17, 15) is 14.4 Å². The summed E-state index contributed by atoms with van der Waals surface area (Å²) in [6, 6.07) is 18.0. The highest BCUT2D eigenvalue weighted by Gasteiger charge is 2.54. The van der Waals surface area contributed by atoms with E-state index in [1.807, 2.05) is 67.6 Å². The molecule has 4 amide bonds. The Morgan fingerprint density at radius 2 is 1.59 bits per heavy atom. The highest BCUT2D eigenvalue weighted by Crippen LogP contribution is 2.36. The summed E-state index contributed by atoms with van der Waals surface area (Å²) in [5.41, 5.74) is 0.0182. The van der Waals surface area contributed by atoms with Crippen LogP contribution in [0.15, 0.2) is 60.7 Å². The highest BCUT2D eigenvalue weighted by molar-refractivity contribution is 6.11. The van der Waals surface area contributed by atoms with Crippen molar-refractivity contribution in [1.29, 1.82) is 0 Å². The summed E-state index contributed by atoms with van der Waals surface area (Å²) < 4.78 is 0. The second-order valence-electron chi connectivity index (χ2n) is 7.74. The number of likely N-dealkylation sites (tertiary alicyclic amines) is 1. The van der Waals surface area contributed by atoms with E-state index in [0.717, 1.165) is 24.2 Å². The average Bonchev–Trinajstić information content (AvgIpc) is 3.01. The second kappa shape index (κ2) is 7.70. The van der Waals surface area contributed by atoms with Gasteiger partial charge in [0.15, 0.2) is 5.54 Å². The molecule has 2 aromatic rings. The first-order valence-corrected chi connectivity index (χ1v) is 10.1. The molecule has 0 radical (unpaired) electrons. The standard InChI is InChI=1S/C23H25N3O3/c1-17-10-8-9-15-25(17)20(27)16-26-21(28)23(24-22(26)29,18-11-4-2-5-12-18)19-13-6-3-7-14-19/h2-7,11-14,17H,8-10,15-16H2,1H3,(H,24,29)/t17-/m0/s1. The summed E-state index contributed by atoms with van der Waals surface area (Å²) in [4.78, 5) is 42.2. The second-order valence-corrected chi connectivity index (χ2v) is 7.74. The summed E-state index contributed by atoms with van der Waals surface area (Å²) in [6.45, 7) is 2.45. The third-order valence-electron chi connectivity index (χ3n) is 5.94. The van der Waals surface area contributed by atoms with Crippen molar-refractivity contribution < 1.29 is 14.4 Å². The molecule has 2 fully saturated rings. The first kappa shape index (κ1) is 19.2. The Bertz CT molecular complexity index is 874. The molecular formula is C23H25N3O3. The van der Waals surface area contributed by atoms with E-state index in [0.29, 0.717) is 17.7 Å². The zero-order chi connectivity index (χ0) is 20.4. The first-order valence-electron chi connectivity index (χ1n) is 10.1. The molecule has 2 aliphatic rings. The highest BCUT2D eigenvalue weighted by atomic mass is 16.2. The molecule has 2 saturated heterocycles. The Kier molecular flexibility index (Phi) is 5.09. The molecule has 6 heteroatoms. The fraction of sp³-hybridized carbons (Fsp3) is 0.348. The number of nitrogens with one attached hydrogen (secondary N) is 1. The molecule has 1 atom stereocenters. The molecule has 150 valence electrons. The van der Waals surface area contributed by atoms with E-state index in [1.54, 1.807) is 4.90 Å². The Labute approximate surface area is 170 Å². The smallest absolute Gasteiger partial charge is 0.326 e. The summed E-state index contributed by atoms with van der Waals surface area (Å²) >= 11 is 0. The van der Waals surface area contributed by atoms with Crippen molar-refractivity contribution in [2.75, 3.05) is 13.1 Å². The summed E-state index contributed by atoms with van der Waals surface area (Å²) in [6.07, 6.45) is 3.00. The fourth-order valence-corrected chi connectivity index (χ4v) is 4.35. The van der Waals surface area contributed by atoms with Gasteiger partial charge in [-0.05, 0) is 37.3 Å². The van der Waals surface area contributed by atoms with Crippen LogP contribution >= 0.6 is 0 Å². The topological polar surface area (TPSA) is 69.7 Å². The normalized spacial score (nSPS) is 21.2. The van der Waals surface area contributed by atoms with Crippen LogP contribution in [0.25, 0.3) is 0 Å². The van der Waals surface area contributed by atoms with Gasteiger partial charge in [0.05, 0.1) is 0 Å². The van der Waals surface area contributed by atoms with Crippen molar-refractivity contribution in [3.63, 3.8) is 0 Å². The van der Waals surface area contributed by atoms with Crippen molar-refractivity contribution in [1.82, 2.24) is 15.1 Å². The molecule has 0 aliphatic carbocycles. The molecule has 29 heavy (non-hydrogen) atoms. The van der Waals surface area contributed by atoms with Crippen LogP contribution in [0.3, 0.4) is 0 Å². The predicted octanol–water partition coefficient (Wildman–Crippen LogP) is 2.88. The third-order valence-corrected chi connectivity index (χ3v) is 5.94. The Hall–Kier alpha value is -3.15. The fourth-order valence-electron chi connectivity index (χ4n) is 4.35. The lowest BCUT2D eigenvalue weighted by atomic mass is 9.82. The number of hydrogen-bond donors (Lipinski definition) is 1. The SMILES string of the molecule is C[C@H]1CCCCN1C(=O)CN1C(=O)NC(c2ccccc2)(c2ccccc2)C1=O. The summed E-state index contributed by atoms with van der Waals surface area (Å²) in [5.74, 6) is -0.601. The molecule has 4 rings (SSSR count). The van der Waals surface area contributed by atoms with E-state index in [-0.39, 0.29) is 18.5 Å². The lowest BCUT2D eigenvalue weighted by Crippen LogP contribution is -2.49. The molecule has 2 aliphatic heterocycles. The molecule has 0 saturated carbocycles. The molecule has 6 nitrogen and oxygen atoms in total. The number of nitrogens with zero attached hydrogens (tertiary/aromatic N) is 2. The molecule has 0 aromatic heterocycles. The summed E-state index contributed by atoms with van der Waals surface area (Å²) in [7, 11) is 0. The van der Waals surface area contributed by atoms with Crippen LogP contribution in [0.1, 0.15) is 37.3 Å². The number of carbonyl (C=O) groups is 3. The van der Waals surface area contributed by atoms with Crippen LogP contribution in [0.2, 0.25) is 0 Å². The van der Waals surface area contributed by atoms with Gasteiger partial charge >= 0.3 is 6.03 Å². The van der Waals surface area contributed by atoms with Gasteiger partial charge in [-0.3, -0.25) is 14.5 Å². The zero-order valence-corrected chi connectivity index (χ0v) is 16.5. The first-order chi connectivity index (χ1) is 14.0. The van der Waals surface area contributed by atoms with Gasteiger partial charge in [0.25, 0.3) is 5.91 Å². The number of benzene rings is 2. The van der Waals surface area contributed by atoms with E-state index >= 15 is 0 Å². The monoisotopic (exact) mass is 391 g/mol. The largest absolute Gasteiger partial charge is 0.338 e. The number of urea groups is 1. The Morgan fingerprint density at radius 3 is 2.14 bits per heavy atom. The Balaban J connectivity index is 1.68. The number of amides is 4. The number of rotatable bonds is 4. The van der Waals surface area contributed by atoms with Crippen LogP contribution in [0.5, 0.6) is 0 Å². The number of piperidine rings is 1. The quantitative estimate of drug-likeness (QED) is 0.815. The number of hydrogen-bond acceptors (Lipinski definition) is 3. The van der Waals surface area contributed by atoms with Gasteiger partial charge in [-0.15, -0.1) is 0 Å². The molecular weight excluding hydrogens is 366 g/mol. The zero-order valence-electron chi connectivity index (χ0n) is 16.5. The van der Waals surface area contributed by atoms with E-state index in [1.165, 1.54) is 0 Å². The van der Waals surface area contributed by atoms with Gasteiger partial charge in [-0.1, -0.05) is 60.7 Å². The van der Waals surface area contributed by atoms with Crippen LogP contribution < -0.4 is 5.32 Å². The van der Waals surface area contributed by atoms with Crippen molar-refractivity contribution in [2.24, 2.45) is 0 Å². The van der Waals surface area contributed by atoms with Crippen LogP contribution in [-0.2, 0) is 15.1 Å².